The van der Waals surface area contributed by atoms with E-state index in [0.29, 0.717) is 17.6 Å². The van der Waals surface area contributed by atoms with Gasteiger partial charge in [-0.2, -0.15) is 0 Å². The molecule has 0 aliphatic rings. The molecule has 0 unspecified atom stereocenters. The lowest BCUT2D eigenvalue weighted by atomic mass is 10.2. The van der Waals surface area contributed by atoms with Gasteiger partial charge in [0.15, 0.2) is 5.11 Å². The van der Waals surface area contributed by atoms with Gasteiger partial charge in [-0.1, -0.05) is 43.6 Å². The van der Waals surface area contributed by atoms with Crippen molar-refractivity contribution in [3.05, 3.63) is 34.9 Å². The molecule has 1 rings (SSSR count). The van der Waals surface area contributed by atoms with Crippen molar-refractivity contribution in [2.24, 2.45) is 5.92 Å². The Labute approximate surface area is 107 Å². The molecule has 2 nitrogen and oxygen atoms in total. The molecule has 0 amide bonds. The molecule has 0 bridgehead atoms. The number of halogens is 1. The van der Waals surface area contributed by atoms with Crippen molar-refractivity contribution >= 4 is 28.9 Å². The summed E-state index contributed by atoms with van der Waals surface area (Å²) < 4.78 is 0. The van der Waals surface area contributed by atoms with Crippen LogP contribution in [0.25, 0.3) is 0 Å². The predicted molar refractivity (Wildman–Crippen MR) is 73.7 cm³/mol. The minimum absolute atomic E-state index is 0.583. The number of rotatable bonds is 4. The van der Waals surface area contributed by atoms with Gasteiger partial charge in [0, 0.05) is 18.1 Å². The monoisotopic (exact) mass is 256 g/mol. The zero-order chi connectivity index (χ0) is 12.0. The molecule has 0 saturated heterocycles. The molecular weight excluding hydrogens is 240 g/mol. The second-order valence-electron chi connectivity index (χ2n) is 4.05. The van der Waals surface area contributed by atoms with E-state index >= 15 is 0 Å². The summed E-state index contributed by atoms with van der Waals surface area (Å²) in [5, 5.41) is 7.72. The summed E-state index contributed by atoms with van der Waals surface area (Å²) in [4.78, 5) is 0. The fourth-order valence-electron chi connectivity index (χ4n) is 1.18. The third-order valence-corrected chi connectivity index (χ3v) is 2.73. The van der Waals surface area contributed by atoms with Crippen molar-refractivity contribution in [2.75, 3.05) is 6.54 Å². The average Bonchev–Trinajstić information content (AvgIpc) is 2.25. The van der Waals surface area contributed by atoms with Crippen LogP contribution in [0.4, 0.5) is 0 Å². The highest BCUT2D eigenvalue weighted by atomic mass is 35.5. The van der Waals surface area contributed by atoms with E-state index in [4.69, 9.17) is 23.8 Å². The Morgan fingerprint density at radius 2 is 2.00 bits per heavy atom. The molecule has 0 aliphatic carbocycles. The molecule has 0 aromatic heterocycles. The molecule has 16 heavy (non-hydrogen) atoms. The van der Waals surface area contributed by atoms with E-state index in [1.165, 1.54) is 0 Å². The molecule has 4 heteroatoms. The van der Waals surface area contributed by atoms with Gasteiger partial charge in [0.25, 0.3) is 0 Å². The Bertz CT molecular complexity index is 353. The first-order chi connectivity index (χ1) is 7.59. The van der Waals surface area contributed by atoms with Gasteiger partial charge < -0.3 is 10.6 Å². The Hall–Kier alpha value is -0.800. The maximum absolute atomic E-state index is 6.03. The third-order valence-electron chi connectivity index (χ3n) is 2.07. The van der Waals surface area contributed by atoms with E-state index in [1.54, 1.807) is 0 Å². The summed E-state index contributed by atoms with van der Waals surface area (Å²) in [6, 6.07) is 7.75. The van der Waals surface area contributed by atoms with E-state index in [1.807, 2.05) is 24.3 Å². The summed E-state index contributed by atoms with van der Waals surface area (Å²) in [5.74, 6) is 0.583. The van der Waals surface area contributed by atoms with E-state index < -0.39 is 0 Å². The molecule has 0 heterocycles. The largest absolute Gasteiger partial charge is 0.362 e. The lowest BCUT2D eigenvalue weighted by Gasteiger charge is -2.12. The van der Waals surface area contributed by atoms with Gasteiger partial charge in [0.2, 0.25) is 0 Å². The summed E-state index contributed by atoms with van der Waals surface area (Å²) in [6.07, 6.45) is 0. The lowest BCUT2D eigenvalue weighted by Crippen LogP contribution is -2.36. The van der Waals surface area contributed by atoms with Crippen LogP contribution in [0.3, 0.4) is 0 Å². The Morgan fingerprint density at radius 3 is 2.62 bits per heavy atom. The standard InChI is InChI=1S/C12H17ClN2S/c1-9(2)7-14-12(16)15-8-10-5-3-4-6-11(10)13/h3-6,9H,7-8H2,1-2H3,(H2,14,15,16). The normalized spacial score (nSPS) is 10.2. The molecule has 0 aliphatic heterocycles. The van der Waals surface area contributed by atoms with Crippen LogP contribution < -0.4 is 10.6 Å². The quantitative estimate of drug-likeness (QED) is 0.810. The minimum atomic E-state index is 0.583. The van der Waals surface area contributed by atoms with Crippen LogP contribution in [0.1, 0.15) is 19.4 Å². The molecule has 0 radical (unpaired) electrons. The summed E-state index contributed by atoms with van der Waals surface area (Å²) in [7, 11) is 0. The minimum Gasteiger partial charge on any atom is -0.362 e. The predicted octanol–water partition coefficient (Wildman–Crippen LogP) is 2.96. The van der Waals surface area contributed by atoms with Crippen molar-refractivity contribution < 1.29 is 0 Å². The van der Waals surface area contributed by atoms with Gasteiger partial charge in [-0.15, -0.1) is 0 Å². The Kier molecular flexibility index (Phi) is 5.56. The molecule has 88 valence electrons. The molecule has 0 atom stereocenters. The third kappa shape index (κ3) is 4.81. The van der Waals surface area contributed by atoms with Gasteiger partial charge in [-0.05, 0) is 29.8 Å². The highest BCUT2D eigenvalue weighted by molar-refractivity contribution is 7.80. The number of benzene rings is 1. The van der Waals surface area contributed by atoms with Gasteiger partial charge in [0.1, 0.15) is 0 Å². The van der Waals surface area contributed by atoms with Crippen molar-refractivity contribution in [3.63, 3.8) is 0 Å². The summed E-state index contributed by atoms with van der Waals surface area (Å²) in [6.45, 7) is 5.82. The maximum Gasteiger partial charge on any atom is 0.166 e. The zero-order valence-corrected chi connectivity index (χ0v) is 11.2. The number of thiocarbonyl (C=S) groups is 1. The molecule has 1 aromatic carbocycles. The highest BCUT2D eigenvalue weighted by Crippen LogP contribution is 2.14. The van der Waals surface area contributed by atoms with Crippen molar-refractivity contribution in [1.82, 2.24) is 10.6 Å². The van der Waals surface area contributed by atoms with Gasteiger partial charge in [-0.25, -0.2) is 0 Å². The van der Waals surface area contributed by atoms with Crippen LogP contribution in [-0.2, 0) is 6.54 Å². The van der Waals surface area contributed by atoms with Crippen LogP contribution >= 0.6 is 23.8 Å². The van der Waals surface area contributed by atoms with E-state index in [0.717, 1.165) is 17.1 Å². The number of hydrogen-bond acceptors (Lipinski definition) is 1. The van der Waals surface area contributed by atoms with E-state index in [-0.39, 0.29) is 0 Å². The van der Waals surface area contributed by atoms with Crippen molar-refractivity contribution in [1.29, 1.82) is 0 Å². The number of nitrogens with one attached hydrogen (secondary N) is 2. The van der Waals surface area contributed by atoms with Gasteiger partial charge in [-0.3, -0.25) is 0 Å². The Balaban J connectivity index is 2.35. The lowest BCUT2D eigenvalue weighted by molar-refractivity contribution is 0.619. The summed E-state index contributed by atoms with van der Waals surface area (Å²) >= 11 is 11.2. The first-order valence-corrected chi connectivity index (χ1v) is 6.13. The van der Waals surface area contributed by atoms with Gasteiger partial charge in [0.05, 0.1) is 0 Å². The fourth-order valence-corrected chi connectivity index (χ4v) is 1.53. The van der Waals surface area contributed by atoms with E-state index in [2.05, 4.69) is 24.5 Å². The smallest absolute Gasteiger partial charge is 0.166 e. The van der Waals surface area contributed by atoms with E-state index in [9.17, 15) is 0 Å². The highest BCUT2D eigenvalue weighted by Gasteiger charge is 2.00. The summed E-state index contributed by atoms with van der Waals surface area (Å²) in [5.41, 5.74) is 1.05. The first-order valence-electron chi connectivity index (χ1n) is 5.34. The molecule has 2 N–H and O–H groups in total. The van der Waals surface area contributed by atoms with Crippen LogP contribution in [0, 0.1) is 5.92 Å². The molecule has 0 saturated carbocycles. The Morgan fingerprint density at radius 1 is 1.31 bits per heavy atom. The fraction of sp³-hybridized carbons (Fsp3) is 0.417. The first kappa shape index (κ1) is 13.3. The van der Waals surface area contributed by atoms with Crippen LogP contribution in [0.5, 0.6) is 0 Å². The topological polar surface area (TPSA) is 24.1 Å². The van der Waals surface area contributed by atoms with Gasteiger partial charge >= 0.3 is 0 Å². The second kappa shape index (κ2) is 6.71. The average molecular weight is 257 g/mol. The van der Waals surface area contributed by atoms with Crippen molar-refractivity contribution in [3.8, 4) is 0 Å². The molecule has 1 aromatic rings. The maximum atomic E-state index is 6.03. The number of hydrogen-bond donors (Lipinski definition) is 2. The van der Waals surface area contributed by atoms with Crippen LogP contribution in [-0.4, -0.2) is 11.7 Å². The molecule has 0 fully saturated rings. The van der Waals surface area contributed by atoms with Crippen LogP contribution in [0.2, 0.25) is 5.02 Å². The molecular formula is C12H17ClN2S. The SMILES string of the molecule is CC(C)CNC(=S)NCc1ccccc1Cl. The van der Waals surface area contributed by atoms with Crippen LogP contribution in [0.15, 0.2) is 24.3 Å². The molecule has 0 spiro atoms. The van der Waals surface area contributed by atoms with Crippen molar-refractivity contribution in [2.45, 2.75) is 20.4 Å². The second-order valence-corrected chi connectivity index (χ2v) is 4.86. The zero-order valence-electron chi connectivity index (χ0n) is 9.59.